The first-order valence-corrected chi connectivity index (χ1v) is 9.70. The van der Waals surface area contributed by atoms with Crippen molar-refractivity contribution in [2.45, 2.75) is 32.6 Å². The summed E-state index contributed by atoms with van der Waals surface area (Å²) in [4.78, 5) is 4.55. The molecule has 27 heavy (non-hydrogen) atoms. The average molecular weight is 493 g/mol. The van der Waals surface area contributed by atoms with Crippen molar-refractivity contribution in [2.75, 3.05) is 46.1 Å². The molecule has 0 amide bonds. The van der Waals surface area contributed by atoms with Gasteiger partial charge in [-0.3, -0.25) is 4.99 Å². The van der Waals surface area contributed by atoms with Gasteiger partial charge in [-0.15, -0.1) is 24.0 Å². The molecule has 1 fully saturated rings. The second kappa shape index (κ2) is 15.0. The minimum absolute atomic E-state index is 0. The number of aliphatic imine (C=N–C) groups is 1. The van der Waals surface area contributed by atoms with Gasteiger partial charge in [-0.2, -0.15) is 0 Å². The van der Waals surface area contributed by atoms with Crippen molar-refractivity contribution >= 4 is 29.9 Å². The molecule has 0 spiro atoms. The highest BCUT2D eigenvalue weighted by Crippen LogP contribution is 2.14. The third-order valence-electron chi connectivity index (χ3n) is 4.40. The van der Waals surface area contributed by atoms with Crippen molar-refractivity contribution in [2.24, 2.45) is 10.9 Å². The maximum atomic E-state index is 13.6. The Hall–Kier alpha value is -0.930. The molecule has 2 N–H and O–H groups in total. The van der Waals surface area contributed by atoms with Gasteiger partial charge >= 0.3 is 0 Å². The van der Waals surface area contributed by atoms with Crippen LogP contribution in [0.25, 0.3) is 0 Å². The lowest BCUT2D eigenvalue weighted by Gasteiger charge is -2.21. The van der Waals surface area contributed by atoms with E-state index in [1.165, 1.54) is 6.07 Å². The van der Waals surface area contributed by atoms with Gasteiger partial charge in [0.25, 0.3) is 0 Å². The molecule has 1 heterocycles. The van der Waals surface area contributed by atoms with Crippen molar-refractivity contribution in [3.8, 4) is 0 Å². The second-order valence-electron chi connectivity index (χ2n) is 6.51. The van der Waals surface area contributed by atoms with E-state index < -0.39 is 0 Å². The molecule has 1 aromatic rings. The molecule has 1 aromatic carbocycles. The monoisotopic (exact) mass is 493 g/mol. The van der Waals surface area contributed by atoms with E-state index in [0.29, 0.717) is 25.4 Å². The Labute approximate surface area is 179 Å². The molecule has 1 aliphatic rings. The van der Waals surface area contributed by atoms with Crippen LogP contribution in [-0.4, -0.2) is 52.0 Å². The van der Waals surface area contributed by atoms with Crippen molar-refractivity contribution in [3.63, 3.8) is 0 Å². The molecule has 154 valence electrons. The number of ether oxygens (including phenoxy) is 2. The van der Waals surface area contributed by atoms with Gasteiger partial charge in [-0.1, -0.05) is 18.2 Å². The Morgan fingerprint density at radius 3 is 2.78 bits per heavy atom. The van der Waals surface area contributed by atoms with Crippen LogP contribution in [0.5, 0.6) is 0 Å². The van der Waals surface area contributed by atoms with E-state index in [2.05, 4.69) is 15.6 Å². The van der Waals surface area contributed by atoms with Gasteiger partial charge in [0.15, 0.2) is 5.96 Å². The van der Waals surface area contributed by atoms with Crippen LogP contribution in [0.15, 0.2) is 29.3 Å². The molecule has 0 aliphatic carbocycles. The Balaban J connectivity index is 0.00000364. The van der Waals surface area contributed by atoms with E-state index >= 15 is 0 Å². The lowest BCUT2D eigenvalue weighted by molar-refractivity contribution is 0.0205. The summed E-state index contributed by atoms with van der Waals surface area (Å²) in [5.41, 5.74) is 0.720. The van der Waals surface area contributed by atoms with Crippen LogP contribution < -0.4 is 10.6 Å². The Morgan fingerprint density at radius 1 is 1.26 bits per heavy atom. The number of hydrogen-bond acceptors (Lipinski definition) is 3. The Morgan fingerprint density at radius 2 is 2.04 bits per heavy atom. The maximum Gasteiger partial charge on any atom is 0.191 e. The first kappa shape index (κ1) is 24.1. The molecule has 5 nitrogen and oxygen atoms in total. The molecule has 2 rings (SSSR count). The van der Waals surface area contributed by atoms with Gasteiger partial charge < -0.3 is 20.1 Å². The lowest BCUT2D eigenvalue weighted by atomic mass is 10.0. The van der Waals surface area contributed by atoms with Crippen molar-refractivity contribution in [1.29, 1.82) is 0 Å². The first-order valence-electron chi connectivity index (χ1n) is 9.70. The molecule has 0 aromatic heterocycles. The van der Waals surface area contributed by atoms with Crippen LogP contribution >= 0.6 is 24.0 Å². The third kappa shape index (κ3) is 10.3. The molecule has 1 saturated heterocycles. The fourth-order valence-corrected chi connectivity index (χ4v) is 2.88. The number of nitrogens with one attached hydrogen (secondary N) is 2. The fourth-order valence-electron chi connectivity index (χ4n) is 2.88. The summed E-state index contributed by atoms with van der Waals surface area (Å²) in [6.07, 6.45) is 3.74. The summed E-state index contributed by atoms with van der Waals surface area (Å²) in [7, 11) is 0. The SMILES string of the molecule is CCNC(=NCCCOCC1CCOCC1)NCCc1ccccc1F.I. The van der Waals surface area contributed by atoms with Crippen LogP contribution in [0, 0.1) is 11.7 Å². The van der Waals surface area contributed by atoms with E-state index in [-0.39, 0.29) is 29.8 Å². The zero-order valence-corrected chi connectivity index (χ0v) is 18.5. The topological polar surface area (TPSA) is 54.9 Å². The highest BCUT2D eigenvalue weighted by molar-refractivity contribution is 14.0. The Bertz CT molecular complexity index is 540. The summed E-state index contributed by atoms with van der Waals surface area (Å²) in [6.45, 7) is 7.47. The van der Waals surface area contributed by atoms with Gasteiger partial charge in [0.05, 0.1) is 0 Å². The predicted octanol–water partition coefficient (Wildman–Crippen LogP) is 3.37. The molecule has 1 aliphatic heterocycles. The average Bonchev–Trinajstić information content (AvgIpc) is 2.67. The van der Waals surface area contributed by atoms with Crippen molar-refractivity contribution < 1.29 is 13.9 Å². The summed E-state index contributed by atoms with van der Waals surface area (Å²) in [5.74, 6) is 1.26. The standard InChI is InChI=1S/C20H32FN3O2.HI/c1-2-22-20(24-12-8-18-6-3-4-7-19(18)21)23-11-5-13-26-16-17-9-14-25-15-10-17;/h3-4,6-7,17H,2,5,8-16H2,1H3,(H2,22,23,24);1H. The molecule has 0 radical (unpaired) electrons. The first-order chi connectivity index (χ1) is 12.8. The van der Waals surface area contributed by atoms with E-state index in [4.69, 9.17) is 9.47 Å². The molecule has 0 saturated carbocycles. The van der Waals surface area contributed by atoms with Gasteiger partial charge in [-0.05, 0) is 50.2 Å². The maximum absolute atomic E-state index is 13.6. The summed E-state index contributed by atoms with van der Waals surface area (Å²) in [5, 5.41) is 6.47. The predicted molar refractivity (Wildman–Crippen MR) is 118 cm³/mol. The number of rotatable bonds is 10. The minimum atomic E-state index is -0.155. The van der Waals surface area contributed by atoms with E-state index in [1.54, 1.807) is 6.07 Å². The number of nitrogens with zero attached hydrogens (tertiary/aromatic N) is 1. The molecule has 0 unspecified atom stereocenters. The van der Waals surface area contributed by atoms with E-state index in [9.17, 15) is 4.39 Å². The zero-order chi connectivity index (χ0) is 18.5. The Kier molecular flexibility index (Phi) is 13.4. The summed E-state index contributed by atoms with van der Waals surface area (Å²) >= 11 is 0. The molecular weight excluding hydrogens is 460 g/mol. The van der Waals surface area contributed by atoms with Crippen LogP contribution in [0.1, 0.15) is 31.7 Å². The van der Waals surface area contributed by atoms with Crippen LogP contribution in [0.2, 0.25) is 0 Å². The normalized spacial score (nSPS) is 15.3. The van der Waals surface area contributed by atoms with E-state index in [0.717, 1.165) is 63.8 Å². The van der Waals surface area contributed by atoms with Crippen molar-refractivity contribution in [3.05, 3.63) is 35.6 Å². The van der Waals surface area contributed by atoms with Crippen LogP contribution in [0.4, 0.5) is 4.39 Å². The van der Waals surface area contributed by atoms with Crippen LogP contribution in [-0.2, 0) is 15.9 Å². The molecule has 0 atom stereocenters. The highest BCUT2D eigenvalue weighted by atomic mass is 127. The van der Waals surface area contributed by atoms with Gasteiger partial charge in [-0.25, -0.2) is 4.39 Å². The van der Waals surface area contributed by atoms with Gasteiger partial charge in [0.1, 0.15) is 5.82 Å². The number of guanidine groups is 1. The minimum Gasteiger partial charge on any atom is -0.381 e. The largest absolute Gasteiger partial charge is 0.381 e. The second-order valence-corrected chi connectivity index (χ2v) is 6.51. The molecular formula is C20H33FIN3O2. The third-order valence-corrected chi connectivity index (χ3v) is 4.40. The highest BCUT2D eigenvalue weighted by Gasteiger charge is 2.13. The molecule has 7 heteroatoms. The van der Waals surface area contributed by atoms with Gasteiger partial charge in [0.2, 0.25) is 0 Å². The van der Waals surface area contributed by atoms with Crippen molar-refractivity contribution in [1.82, 2.24) is 10.6 Å². The van der Waals surface area contributed by atoms with E-state index in [1.807, 2.05) is 19.1 Å². The molecule has 0 bridgehead atoms. The number of benzene rings is 1. The number of halogens is 2. The summed E-state index contributed by atoms with van der Waals surface area (Å²) in [6, 6.07) is 6.88. The number of hydrogen-bond donors (Lipinski definition) is 2. The quantitative estimate of drug-likeness (QED) is 0.227. The van der Waals surface area contributed by atoms with Gasteiger partial charge in [0, 0.05) is 46.1 Å². The lowest BCUT2D eigenvalue weighted by Crippen LogP contribution is -2.38. The van der Waals surface area contributed by atoms with Crippen LogP contribution in [0.3, 0.4) is 0 Å². The smallest absolute Gasteiger partial charge is 0.191 e. The zero-order valence-electron chi connectivity index (χ0n) is 16.2. The summed E-state index contributed by atoms with van der Waals surface area (Å²) < 4.78 is 24.7. The fraction of sp³-hybridized carbons (Fsp3) is 0.650.